The Kier molecular flexibility index (Phi) is 3.28. The molecule has 0 aromatic heterocycles. The molecule has 0 amide bonds. The van der Waals surface area contributed by atoms with Crippen molar-refractivity contribution in [3.8, 4) is 0 Å². The van der Waals surface area contributed by atoms with Gasteiger partial charge in [-0.3, -0.25) is 0 Å². The summed E-state index contributed by atoms with van der Waals surface area (Å²) in [5.74, 6) is 0. The first kappa shape index (κ1) is 9.36. The van der Waals surface area contributed by atoms with Crippen molar-refractivity contribution < 1.29 is 15.3 Å². The highest BCUT2D eigenvalue weighted by atomic mass is 16.4. The minimum absolute atomic E-state index is 0.519. The van der Waals surface area contributed by atoms with Crippen LogP contribution in [0.4, 0.5) is 0 Å². The Morgan fingerprint density at radius 2 is 1.80 bits per heavy atom. The molecule has 0 aliphatic rings. The van der Waals surface area contributed by atoms with E-state index in [1.165, 1.54) is 0 Å². The van der Waals surface area contributed by atoms with Crippen LogP contribution >= 0.6 is 0 Å². The molecule has 58 valence electrons. The van der Waals surface area contributed by atoms with Gasteiger partial charge < -0.3 is 15.3 Å². The highest BCUT2D eigenvalue weighted by molar-refractivity contribution is 5.12. The summed E-state index contributed by atoms with van der Waals surface area (Å²) in [6.45, 7) is 6.04. The summed E-state index contributed by atoms with van der Waals surface area (Å²) in [6, 6.07) is 0. The minimum Gasteiger partial charge on any atom is -0.394 e. The van der Waals surface area contributed by atoms with Gasteiger partial charge in [0.25, 0.3) is 0 Å². The predicted octanol–water partition coefficient (Wildman–Crippen LogP) is -0.557. The molecule has 0 bridgehead atoms. The predicted molar refractivity (Wildman–Crippen MR) is 38.4 cm³/mol. The van der Waals surface area contributed by atoms with E-state index in [1.807, 2.05) is 0 Å². The Hall–Kier alpha value is -0.640. The molecule has 1 unspecified atom stereocenters. The second-order valence-electron chi connectivity index (χ2n) is 1.99. The van der Waals surface area contributed by atoms with Crippen LogP contribution in [-0.2, 0) is 0 Å². The van der Waals surface area contributed by atoms with Crippen molar-refractivity contribution in [1.29, 1.82) is 0 Å². The fourth-order valence-electron chi connectivity index (χ4n) is 0.502. The maximum atomic E-state index is 9.25. The van der Waals surface area contributed by atoms with Gasteiger partial charge in [0.2, 0.25) is 0 Å². The molecule has 1 atom stereocenters. The third kappa shape index (κ3) is 1.67. The van der Waals surface area contributed by atoms with Gasteiger partial charge in [-0.1, -0.05) is 25.3 Å². The van der Waals surface area contributed by atoms with Crippen LogP contribution in [0.5, 0.6) is 0 Å². The summed E-state index contributed by atoms with van der Waals surface area (Å²) in [6.07, 6.45) is 1.00. The van der Waals surface area contributed by atoms with Gasteiger partial charge in [-0.2, -0.15) is 0 Å². The molecule has 3 heteroatoms. The van der Waals surface area contributed by atoms with Gasteiger partial charge >= 0.3 is 0 Å². The first-order valence-corrected chi connectivity index (χ1v) is 2.89. The quantitative estimate of drug-likeness (QED) is 0.464. The highest BCUT2D eigenvalue weighted by Crippen LogP contribution is 2.12. The van der Waals surface area contributed by atoms with Crippen molar-refractivity contribution >= 4 is 0 Å². The average molecular weight is 144 g/mol. The molecule has 3 N–H and O–H groups in total. The van der Waals surface area contributed by atoms with E-state index in [9.17, 15) is 5.11 Å². The van der Waals surface area contributed by atoms with Crippen LogP contribution in [-0.4, -0.2) is 33.6 Å². The van der Waals surface area contributed by atoms with E-state index in [1.54, 1.807) is 0 Å². The first-order valence-electron chi connectivity index (χ1n) is 2.89. The van der Waals surface area contributed by atoms with E-state index in [2.05, 4.69) is 13.2 Å². The van der Waals surface area contributed by atoms with E-state index in [0.717, 1.165) is 12.2 Å². The molecule has 0 spiro atoms. The van der Waals surface area contributed by atoms with Crippen LogP contribution in [0, 0.1) is 0 Å². The Morgan fingerprint density at radius 3 is 1.90 bits per heavy atom. The first-order chi connectivity index (χ1) is 4.60. The van der Waals surface area contributed by atoms with Crippen LogP contribution in [0.1, 0.15) is 0 Å². The maximum absolute atomic E-state index is 9.25. The number of hydrogen-bond acceptors (Lipinski definition) is 3. The van der Waals surface area contributed by atoms with Gasteiger partial charge in [-0.05, 0) is 0 Å². The van der Waals surface area contributed by atoms with Crippen LogP contribution in [0.3, 0.4) is 0 Å². The van der Waals surface area contributed by atoms with Crippen LogP contribution < -0.4 is 0 Å². The van der Waals surface area contributed by atoms with E-state index >= 15 is 0 Å². The summed E-state index contributed by atoms with van der Waals surface area (Å²) in [7, 11) is 0. The number of aliphatic hydroxyl groups excluding tert-OH is 2. The normalized spacial score (nSPS) is 14.3. The zero-order valence-electron chi connectivity index (χ0n) is 5.70. The third-order valence-corrected chi connectivity index (χ3v) is 1.36. The maximum Gasteiger partial charge on any atom is 0.128 e. The lowest BCUT2D eigenvalue weighted by atomic mass is 9.98. The zero-order chi connectivity index (χ0) is 8.20. The van der Waals surface area contributed by atoms with Gasteiger partial charge in [0, 0.05) is 0 Å². The van der Waals surface area contributed by atoms with Gasteiger partial charge in [-0.25, -0.2) is 0 Å². The topological polar surface area (TPSA) is 60.7 Å². The summed E-state index contributed by atoms with van der Waals surface area (Å²) in [4.78, 5) is 0. The third-order valence-electron chi connectivity index (χ3n) is 1.36. The molecule has 0 aliphatic heterocycles. The van der Waals surface area contributed by atoms with E-state index in [4.69, 9.17) is 10.2 Å². The molecule has 0 aromatic rings. The molecule has 0 heterocycles. The van der Waals surface area contributed by atoms with Crippen molar-refractivity contribution in [2.45, 2.75) is 11.7 Å². The fraction of sp³-hybridized carbons (Fsp3) is 0.429. The Bertz CT molecular complexity index is 123. The lowest BCUT2D eigenvalue weighted by Crippen LogP contribution is -2.40. The number of hydrogen-bond donors (Lipinski definition) is 3. The molecule has 0 rings (SSSR count). The molecule has 0 saturated carbocycles. The molecule has 0 saturated heterocycles. The van der Waals surface area contributed by atoms with Gasteiger partial charge in [-0.15, -0.1) is 0 Å². The van der Waals surface area contributed by atoms with E-state index in [-0.39, 0.29) is 0 Å². The van der Waals surface area contributed by atoms with E-state index in [0.29, 0.717) is 0 Å². The van der Waals surface area contributed by atoms with Gasteiger partial charge in [0.1, 0.15) is 11.7 Å². The molecule has 0 aliphatic carbocycles. The minimum atomic E-state index is -1.57. The van der Waals surface area contributed by atoms with Crippen LogP contribution in [0.25, 0.3) is 0 Å². The summed E-state index contributed by atoms with van der Waals surface area (Å²) in [5, 5.41) is 26.6. The van der Waals surface area contributed by atoms with E-state index < -0.39 is 18.3 Å². The number of aliphatic hydroxyl groups is 3. The molecule has 10 heavy (non-hydrogen) atoms. The average Bonchev–Trinajstić information content (AvgIpc) is 2.01. The summed E-state index contributed by atoms with van der Waals surface area (Å²) >= 11 is 0. The monoisotopic (exact) mass is 144 g/mol. The summed E-state index contributed by atoms with van der Waals surface area (Å²) < 4.78 is 0. The lowest BCUT2D eigenvalue weighted by Gasteiger charge is -2.24. The lowest BCUT2D eigenvalue weighted by molar-refractivity contribution is -0.0342. The van der Waals surface area contributed by atoms with Crippen molar-refractivity contribution in [3.63, 3.8) is 0 Å². The molecular weight excluding hydrogens is 132 g/mol. The number of rotatable bonds is 4. The van der Waals surface area contributed by atoms with Crippen molar-refractivity contribution in [3.05, 3.63) is 25.3 Å². The SMILES string of the molecule is C=CC(O)(C=C)C(O)CO. The molecule has 3 nitrogen and oxygen atoms in total. The van der Waals surface area contributed by atoms with Crippen molar-refractivity contribution in [2.24, 2.45) is 0 Å². The van der Waals surface area contributed by atoms with Crippen LogP contribution in [0.2, 0.25) is 0 Å². The Labute approximate surface area is 59.9 Å². The fourth-order valence-corrected chi connectivity index (χ4v) is 0.502. The zero-order valence-corrected chi connectivity index (χ0v) is 5.70. The van der Waals surface area contributed by atoms with Crippen molar-refractivity contribution in [1.82, 2.24) is 0 Å². The highest BCUT2D eigenvalue weighted by Gasteiger charge is 2.27. The standard InChI is InChI=1S/C7H12O3/c1-3-7(10,4-2)6(9)5-8/h3-4,6,8-10H,1-2,5H2. The summed E-state index contributed by atoms with van der Waals surface area (Å²) in [5.41, 5.74) is -1.57. The molecule has 0 radical (unpaired) electrons. The van der Waals surface area contributed by atoms with Gasteiger partial charge in [0.05, 0.1) is 6.61 Å². The smallest absolute Gasteiger partial charge is 0.128 e. The largest absolute Gasteiger partial charge is 0.394 e. The molecule has 0 fully saturated rings. The van der Waals surface area contributed by atoms with Gasteiger partial charge in [0.15, 0.2) is 0 Å². The molecular formula is C7H12O3. The van der Waals surface area contributed by atoms with Crippen LogP contribution in [0.15, 0.2) is 25.3 Å². The second kappa shape index (κ2) is 3.51. The van der Waals surface area contributed by atoms with Crippen molar-refractivity contribution in [2.75, 3.05) is 6.61 Å². The Balaban J connectivity index is 4.30. The molecule has 0 aromatic carbocycles. The second-order valence-corrected chi connectivity index (χ2v) is 1.99. The Morgan fingerprint density at radius 1 is 1.40 bits per heavy atom.